The van der Waals surface area contributed by atoms with Gasteiger partial charge in [-0.3, -0.25) is 4.90 Å². The van der Waals surface area contributed by atoms with E-state index < -0.39 is 0 Å². The van der Waals surface area contributed by atoms with Crippen molar-refractivity contribution in [2.75, 3.05) is 20.2 Å². The summed E-state index contributed by atoms with van der Waals surface area (Å²) in [5, 5.41) is 4.23. The zero-order chi connectivity index (χ0) is 17.9. The van der Waals surface area contributed by atoms with Crippen molar-refractivity contribution in [2.45, 2.75) is 18.9 Å². The fourth-order valence-electron chi connectivity index (χ4n) is 3.47. The highest BCUT2D eigenvalue weighted by molar-refractivity contribution is 9.10. The summed E-state index contributed by atoms with van der Waals surface area (Å²) in [4.78, 5) is 7.13. The van der Waals surface area contributed by atoms with Gasteiger partial charge in [0.25, 0.3) is 0 Å². The number of likely N-dealkylation sites (tertiary alicyclic amines) is 1. The van der Waals surface area contributed by atoms with Gasteiger partial charge in [-0.1, -0.05) is 45.4 Å². The molecule has 4 rings (SSSR count). The second kappa shape index (κ2) is 7.60. The Morgan fingerprint density at radius 2 is 1.92 bits per heavy atom. The lowest BCUT2D eigenvalue weighted by Gasteiger charge is -2.24. The largest absolute Gasteiger partial charge is 0.496 e. The van der Waals surface area contributed by atoms with Crippen LogP contribution in [0, 0.1) is 0 Å². The van der Waals surface area contributed by atoms with Crippen LogP contribution in [-0.4, -0.2) is 35.2 Å². The molecule has 1 atom stereocenters. The minimum atomic E-state index is -0.0362. The molecule has 2 aromatic carbocycles. The molecule has 2 heterocycles. The van der Waals surface area contributed by atoms with Gasteiger partial charge in [0, 0.05) is 4.47 Å². The minimum Gasteiger partial charge on any atom is -0.496 e. The number of halogens is 1. The van der Waals surface area contributed by atoms with E-state index in [1.54, 1.807) is 7.11 Å². The van der Waals surface area contributed by atoms with Gasteiger partial charge in [0.15, 0.2) is 0 Å². The summed E-state index contributed by atoms with van der Waals surface area (Å²) in [7, 11) is 1.65. The SMILES string of the molecule is COc1ccccc1-c1noc([C@@H](c2cccc(Br)c2)N2CCCC2)n1. The molecular weight excluding hydrogens is 394 g/mol. The van der Waals surface area contributed by atoms with Crippen LogP contribution in [-0.2, 0) is 0 Å². The number of ether oxygens (including phenoxy) is 1. The summed E-state index contributed by atoms with van der Waals surface area (Å²) in [5.41, 5.74) is 1.98. The van der Waals surface area contributed by atoms with E-state index in [4.69, 9.17) is 14.2 Å². The highest BCUT2D eigenvalue weighted by atomic mass is 79.9. The van der Waals surface area contributed by atoms with Crippen molar-refractivity contribution in [3.8, 4) is 17.1 Å². The van der Waals surface area contributed by atoms with Gasteiger partial charge in [-0.05, 0) is 55.8 Å². The third-order valence-electron chi connectivity index (χ3n) is 4.69. The standard InChI is InChI=1S/C20H20BrN3O2/c1-25-17-10-3-2-9-16(17)19-22-20(26-23-19)18(24-11-4-5-12-24)14-7-6-8-15(21)13-14/h2-3,6-10,13,18H,4-5,11-12H2,1H3/t18-/m1/s1. The molecule has 0 unspecified atom stereocenters. The van der Waals surface area contributed by atoms with E-state index in [-0.39, 0.29) is 6.04 Å². The van der Waals surface area contributed by atoms with Gasteiger partial charge in [0.05, 0.1) is 12.7 Å². The second-order valence-corrected chi connectivity index (χ2v) is 7.27. The molecule has 1 aromatic heterocycles. The van der Waals surface area contributed by atoms with Crippen molar-refractivity contribution in [1.82, 2.24) is 15.0 Å². The Bertz CT molecular complexity index is 890. The molecule has 0 spiro atoms. The van der Waals surface area contributed by atoms with Crippen LogP contribution in [0.15, 0.2) is 57.5 Å². The van der Waals surface area contributed by atoms with Crippen molar-refractivity contribution in [3.63, 3.8) is 0 Å². The Morgan fingerprint density at radius 1 is 1.12 bits per heavy atom. The lowest BCUT2D eigenvalue weighted by molar-refractivity contribution is 0.225. The molecule has 1 saturated heterocycles. The highest BCUT2D eigenvalue weighted by Gasteiger charge is 2.30. The summed E-state index contributed by atoms with van der Waals surface area (Å²) in [6.07, 6.45) is 2.38. The molecule has 0 aliphatic carbocycles. The van der Waals surface area contributed by atoms with E-state index in [2.05, 4.69) is 38.1 Å². The lowest BCUT2D eigenvalue weighted by Crippen LogP contribution is -2.26. The smallest absolute Gasteiger partial charge is 0.248 e. The van der Waals surface area contributed by atoms with E-state index in [9.17, 15) is 0 Å². The van der Waals surface area contributed by atoms with Crippen molar-refractivity contribution in [2.24, 2.45) is 0 Å². The summed E-state index contributed by atoms with van der Waals surface area (Å²) < 4.78 is 12.2. The second-order valence-electron chi connectivity index (χ2n) is 6.36. The van der Waals surface area contributed by atoms with Crippen LogP contribution in [0.2, 0.25) is 0 Å². The van der Waals surface area contributed by atoms with Gasteiger partial charge in [0.1, 0.15) is 11.8 Å². The summed E-state index contributed by atoms with van der Waals surface area (Å²) in [6.45, 7) is 2.06. The zero-order valence-corrected chi connectivity index (χ0v) is 16.1. The first kappa shape index (κ1) is 17.2. The molecule has 1 aliphatic rings. The molecule has 0 radical (unpaired) electrons. The quantitative estimate of drug-likeness (QED) is 0.606. The van der Waals surface area contributed by atoms with Gasteiger partial charge < -0.3 is 9.26 Å². The number of hydrogen-bond donors (Lipinski definition) is 0. The molecular formula is C20H20BrN3O2. The Kier molecular flexibility index (Phi) is 5.04. The fourth-order valence-corrected chi connectivity index (χ4v) is 3.89. The molecule has 0 saturated carbocycles. The van der Waals surface area contributed by atoms with Crippen molar-refractivity contribution in [1.29, 1.82) is 0 Å². The zero-order valence-electron chi connectivity index (χ0n) is 14.6. The lowest BCUT2D eigenvalue weighted by atomic mass is 10.1. The van der Waals surface area contributed by atoms with Gasteiger partial charge in [-0.2, -0.15) is 4.98 Å². The molecule has 0 amide bonds. The van der Waals surface area contributed by atoms with Crippen LogP contribution in [0.1, 0.15) is 30.3 Å². The predicted molar refractivity (Wildman–Crippen MR) is 103 cm³/mol. The van der Waals surface area contributed by atoms with Crippen LogP contribution in [0.25, 0.3) is 11.4 Å². The minimum absolute atomic E-state index is 0.0362. The molecule has 1 aliphatic heterocycles. The van der Waals surface area contributed by atoms with E-state index >= 15 is 0 Å². The Morgan fingerprint density at radius 3 is 2.69 bits per heavy atom. The molecule has 5 nitrogen and oxygen atoms in total. The number of para-hydroxylation sites is 1. The molecule has 3 aromatic rings. The third-order valence-corrected chi connectivity index (χ3v) is 5.19. The van der Waals surface area contributed by atoms with Crippen molar-refractivity contribution < 1.29 is 9.26 Å². The average Bonchev–Trinajstić information content (AvgIpc) is 3.35. The average molecular weight is 414 g/mol. The number of aromatic nitrogens is 2. The van der Waals surface area contributed by atoms with Gasteiger partial charge >= 0.3 is 0 Å². The topological polar surface area (TPSA) is 51.4 Å². The van der Waals surface area contributed by atoms with Crippen LogP contribution < -0.4 is 4.74 Å². The third kappa shape index (κ3) is 3.39. The van der Waals surface area contributed by atoms with Crippen molar-refractivity contribution >= 4 is 15.9 Å². The molecule has 0 N–H and O–H groups in total. The molecule has 26 heavy (non-hydrogen) atoms. The molecule has 134 valence electrons. The summed E-state index contributed by atoms with van der Waals surface area (Å²) in [5.74, 6) is 1.91. The molecule has 6 heteroatoms. The number of benzene rings is 2. The summed E-state index contributed by atoms with van der Waals surface area (Å²) in [6, 6.07) is 16.0. The highest BCUT2D eigenvalue weighted by Crippen LogP contribution is 2.34. The number of methoxy groups -OCH3 is 1. The summed E-state index contributed by atoms with van der Waals surface area (Å²) >= 11 is 3.57. The van der Waals surface area contributed by atoms with Gasteiger partial charge in [-0.25, -0.2) is 0 Å². The first-order valence-electron chi connectivity index (χ1n) is 8.73. The number of hydrogen-bond acceptors (Lipinski definition) is 5. The first-order valence-corrected chi connectivity index (χ1v) is 9.52. The monoisotopic (exact) mass is 413 g/mol. The molecule has 0 bridgehead atoms. The van der Waals surface area contributed by atoms with E-state index in [1.807, 2.05) is 36.4 Å². The van der Waals surface area contributed by atoms with Gasteiger partial charge in [0.2, 0.25) is 11.7 Å². The molecule has 1 fully saturated rings. The van der Waals surface area contributed by atoms with Crippen LogP contribution >= 0.6 is 15.9 Å². The fraction of sp³-hybridized carbons (Fsp3) is 0.300. The van der Waals surface area contributed by atoms with Crippen LogP contribution in [0.4, 0.5) is 0 Å². The van der Waals surface area contributed by atoms with Crippen LogP contribution in [0.5, 0.6) is 5.75 Å². The maximum atomic E-state index is 5.71. The van der Waals surface area contributed by atoms with E-state index in [0.29, 0.717) is 11.7 Å². The first-order chi connectivity index (χ1) is 12.8. The Balaban J connectivity index is 1.74. The Hall–Kier alpha value is -2.18. The maximum absolute atomic E-state index is 5.71. The van der Waals surface area contributed by atoms with Gasteiger partial charge in [-0.15, -0.1) is 0 Å². The normalized spacial score (nSPS) is 15.9. The van der Waals surface area contributed by atoms with Crippen LogP contribution in [0.3, 0.4) is 0 Å². The van der Waals surface area contributed by atoms with Crippen molar-refractivity contribution in [3.05, 3.63) is 64.5 Å². The van der Waals surface area contributed by atoms with E-state index in [1.165, 1.54) is 12.8 Å². The Labute approximate surface area is 161 Å². The predicted octanol–water partition coefficient (Wildman–Crippen LogP) is 4.69. The number of rotatable bonds is 5. The van der Waals surface area contributed by atoms with E-state index in [0.717, 1.165) is 34.4 Å². The maximum Gasteiger partial charge on any atom is 0.248 e. The number of nitrogens with zero attached hydrogens (tertiary/aromatic N) is 3.